The number of hydrogen-bond acceptors (Lipinski definition) is 3. The second-order valence-electron chi connectivity index (χ2n) is 5.01. The van der Waals surface area contributed by atoms with Crippen LogP contribution in [0.5, 0.6) is 0 Å². The molecule has 2 atom stereocenters. The van der Waals surface area contributed by atoms with Crippen molar-refractivity contribution in [1.82, 2.24) is 10.2 Å². The van der Waals surface area contributed by atoms with Crippen LogP contribution in [0.2, 0.25) is 0 Å². The predicted molar refractivity (Wildman–Crippen MR) is 78.0 cm³/mol. The van der Waals surface area contributed by atoms with E-state index in [0.29, 0.717) is 12.0 Å². The molecule has 1 aliphatic heterocycles. The summed E-state index contributed by atoms with van der Waals surface area (Å²) in [4.78, 5) is 25.6. The van der Waals surface area contributed by atoms with Crippen LogP contribution < -0.4 is 5.32 Å². The second-order valence-corrected chi connectivity index (χ2v) is 5.87. The Bertz CT molecular complexity index is 549. The molecule has 1 heterocycles. The highest BCUT2D eigenvalue weighted by Crippen LogP contribution is 2.33. The minimum absolute atomic E-state index is 0.0151. The van der Waals surface area contributed by atoms with Gasteiger partial charge in [0.2, 0.25) is 0 Å². The zero-order chi connectivity index (χ0) is 14.9. The first-order valence-corrected chi connectivity index (χ1v) is 7.26. The van der Waals surface area contributed by atoms with Gasteiger partial charge in [-0.25, -0.2) is 4.79 Å². The first kappa shape index (κ1) is 15.0. The SMILES string of the molecule is CC[C@H](O)CN1C(=O)N[C@](C)(c2ccccc2Br)C1=O. The van der Waals surface area contributed by atoms with E-state index in [1.54, 1.807) is 19.9 Å². The van der Waals surface area contributed by atoms with E-state index in [-0.39, 0.29) is 12.5 Å². The fourth-order valence-electron chi connectivity index (χ4n) is 2.25. The molecule has 20 heavy (non-hydrogen) atoms. The molecule has 1 fully saturated rings. The molecular weight excluding hydrogens is 324 g/mol. The van der Waals surface area contributed by atoms with E-state index in [1.807, 2.05) is 18.2 Å². The van der Waals surface area contributed by atoms with Crippen molar-refractivity contribution in [1.29, 1.82) is 0 Å². The lowest BCUT2D eigenvalue weighted by Gasteiger charge is -2.24. The summed E-state index contributed by atoms with van der Waals surface area (Å²) in [5, 5.41) is 12.4. The van der Waals surface area contributed by atoms with Crippen molar-refractivity contribution in [3.63, 3.8) is 0 Å². The van der Waals surface area contributed by atoms with E-state index in [4.69, 9.17) is 0 Å². The Hall–Kier alpha value is -1.40. The number of nitrogens with one attached hydrogen (secondary N) is 1. The largest absolute Gasteiger partial charge is 0.391 e. The van der Waals surface area contributed by atoms with Crippen molar-refractivity contribution in [2.45, 2.75) is 31.9 Å². The molecule has 0 aliphatic carbocycles. The summed E-state index contributed by atoms with van der Waals surface area (Å²) in [6.07, 6.45) is -0.214. The molecule has 2 rings (SSSR count). The number of rotatable bonds is 4. The summed E-state index contributed by atoms with van der Waals surface area (Å²) < 4.78 is 0.758. The topological polar surface area (TPSA) is 69.6 Å². The van der Waals surface area contributed by atoms with Crippen molar-refractivity contribution >= 4 is 27.9 Å². The maximum Gasteiger partial charge on any atom is 0.325 e. The van der Waals surface area contributed by atoms with E-state index in [0.717, 1.165) is 9.37 Å². The van der Waals surface area contributed by atoms with Gasteiger partial charge in [0, 0.05) is 10.0 Å². The van der Waals surface area contributed by atoms with Gasteiger partial charge in [-0.3, -0.25) is 9.69 Å². The molecule has 0 bridgehead atoms. The first-order chi connectivity index (χ1) is 9.40. The molecule has 108 valence electrons. The Morgan fingerprint density at radius 2 is 2.05 bits per heavy atom. The second kappa shape index (κ2) is 5.54. The third-order valence-electron chi connectivity index (χ3n) is 3.55. The number of hydrogen-bond donors (Lipinski definition) is 2. The van der Waals surface area contributed by atoms with Crippen LogP contribution >= 0.6 is 15.9 Å². The van der Waals surface area contributed by atoms with E-state index < -0.39 is 17.7 Å². The van der Waals surface area contributed by atoms with E-state index in [1.165, 1.54) is 0 Å². The Morgan fingerprint density at radius 3 is 2.65 bits per heavy atom. The van der Waals surface area contributed by atoms with E-state index in [2.05, 4.69) is 21.2 Å². The average molecular weight is 341 g/mol. The van der Waals surface area contributed by atoms with Crippen LogP contribution in [0.15, 0.2) is 28.7 Å². The van der Waals surface area contributed by atoms with Gasteiger partial charge in [0.15, 0.2) is 0 Å². The molecule has 0 spiro atoms. The molecule has 0 aromatic heterocycles. The standard InChI is InChI=1S/C14H17BrN2O3/c1-3-9(18)8-17-12(19)14(2,16-13(17)20)10-6-4-5-7-11(10)15/h4-7,9,18H,3,8H2,1-2H3,(H,16,20)/t9-,14+/m0/s1. The Labute approximate surface area is 126 Å². The Kier molecular flexibility index (Phi) is 4.15. The monoisotopic (exact) mass is 340 g/mol. The van der Waals surface area contributed by atoms with Crippen molar-refractivity contribution < 1.29 is 14.7 Å². The van der Waals surface area contributed by atoms with Crippen molar-refractivity contribution in [2.75, 3.05) is 6.54 Å². The summed E-state index contributed by atoms with van der Waals surface area (Å²) in [6, 6.07) is 6.80. The fourth-order valence-corrected chi connectivity index (χ4v) is 2.93. The minimum atomic E-state index is -1.11. The van der Waals surface area contributed by atoms with Gasteiger partial charge in [-0.1, -0.05) is 41.1 Å². The molecule has 1 aromatic carbocycles. The number of imide groups is 1. The van der Waals surface area contributed by atoms with Gasteiger partial charge in [0.25, 0.3) is 5.91 Å². The summed E-state index contributed by atoms with van der Waals surface area (Å²) in [6.45, 7) is 3.49. The highest BCUT2D eigenvalue weighted by atomic mass is 79.9. The quantitative estimate of drug-likeness (QED) is 0.823. The minimum Gasteiger partial charge on any atom is -0.391 e. The van der Waals surface area contributed by atoms with Gasteiger partial charge >= 0.3 is 6.03 Å². The van der Waals surface area contributed by atoms with Gasteiger partial charge in [0.05, 0.1) is 12.6 Å². The lowest BCUT2D eigenvalue weighted by atomic mass is 9.92. The number of β-amino-alcohol motifs (C(OH)–C–C–N with tert-alkyl or cyclic N) is 1. The third kappa shape index (κ3) is 2.45. The molecule has 1 aliphatic rings. The van der Waals surface area contributed by atoms with Crippen molar-refractivity contribution in [3.05, 3.63) is 34.3 Å². The molecule has 0 saturated carbocycles. The number of carbonyl (C=O) groups excluding carboxylic acids is 2. The number of aliphatic hydroxyl groups is 1. The summed E-state index contributed by atoms with van der Waals surface area (Å²) in [5.74, 6) is -0.345. The Morgan fingerprint density at radius 1 is 1.40 bits per heavy atom. The molecule has 1 aromatic rings. The number of amides is 3. The molecule has 1 saturated heterocycles. The van der Waals surface area contributed by atoms with Gasteiger partial charge in [-0.05, 0) is 19.4 Å². The van der Waals surface area contributed by atoms with E-state index >= 15 is 0 Å². The summed E-state index contributed by atoms with van der Waals surface area (Å²) >= 11 is 3.40. The van der Waals surface area contributed by atoms with Crippen LogP contribution in [0.4, 0.5) is 4.79 Å². The average Bonchev–Trinajstić information content (AvgIpc) is 2.63. The third-order valence-corrected chi connectivity index (χ3v) is 4.24. The molecule has 6 heteroatoms. The van der Waals surface area contributed by atoms with Gasteiger partial charge in [-0.2, -0.15) is 0 Å². The van der Waals surface area contributed by atoms with Crippen LogP contribution in [0.25, 0.3) is 0 Å². The molecule has 0 radical (unpaired) electrons. The number of urea groups is 1. The number of nitrogens with zero attached hydrogens (tertiary/aromatic N) is 1. The molecule has 0 unspecified atom stereocenters. The molecule has 3 amide bonds. The maximum atomic E-state index is 12.6. The number of benzene rings is 1. The summed E-state index contributed by atoms with van der Waals surface area (Å²) in [5.41, 5.74) is -0.406. The summed E-state index contributed by atoms with van der Waals surface area (Å²) in [7, 11) is 0. The molecule has 2 N–H and O–H groups in total. The van der Waals surface area contributed by atoms with Crippen molar-refractivity contribution in [2.24, 2.45) is 0 Å². The zero-order valence-electron chi connectivity index (χ0n) is 11.4. The predicted octanol–water partition coefficient (Wildman–Crippen LogP) is 1.99. The van der Waals surface area contributed by atoms with Gasteiger partial charge in [0.1, 0.15) is 5.54 Å². The normalized spacial score (nSPS) is 23.9. The van der Waals surface area contributed by atoms with Crippen LogP contribution in [-0.2, 0) is 10.3 Å². The zero-order valence-corrected chi connectivity index (χ0v) is 13.0. The van der Waals surface area contributed by atoms with Crippen LogP contribution in [0.1, 0.15) is 25.8 Å². The van der Waals surface area contributed by atoms with Crippen LogP contribution in [0.3, 0.4) is 0 Å². The Balaban J connectivity index is 2.33. The fraction of sp³-hybridized carbons (Fsp3) is 0.429. The maximum absolute atomic E-state index is 12.6. The number of halogens is 1. The molecule has 5 nitrogen and oxygen atoms in total. The number of carbonyl (C=O) groups is 2. The highest BCUT2D eigenvalue weighted by Gasteiger charge is 2.49. The van der Waals surface area contributed by atoms with Gasteiger partial charge < -0.3 is 10.4 Å². The highest BCUT2D eigenvalue weighted by molar-refractivity contribution is 9.10. The smallest absolute Gasteiger partial charge is 0.325 e. The van der Waals surface area contributed by atoms with E-state index in [9.17, 15) is 14.7 Å². The lowest BCUT2D eigenvalue weighted by molar-refractivity contribution is -0.132. The van der Waals surface area contributed by atoms with Crippen LogP contribution in [0, 0.1) is 0 Å². The lowest BCUT2D eigenvalue weighted by Crippen LogP contribution is -2.42. The first-order valence-electron chi connectivity index (χ1n) is 6.47. The number of aliphatic hydroxyl groups excluding tert-OH is 1. The van der Waals surface area contributed by atoms with Crippen molar-refractivity contribution in [3.8, 4) is 0 Å². The van der Waals surface area contributed by atoms with Gasteiger partial charge in [-0.15, -0.1) is 0 Å². The molecular formula is C14H17BrN2O3. The van der Waals surface area contributed by atoms with Crippen LogP contribution in [-0.4, -0.2) is 34.6 Å².